The number of carbonyl (C=O) groups is 2. The van der Waals surface area contributed by atoms with Gasteiger partial charge in [0.15, 0.2) is 0 Å². The van der Waals surface area contributed by atoms with E-state index in [1.165, 1.54) is 10.4 Å². The Balaban J connectivity index is 1.27. The number of esters is 1. The number of benzene rings is 4. The lowest BCUT2D eigenvalue weighted by Gasteiger charge is -2.37. The number of carbonyl (C=O) groups excluding carboxylic acids is 2. The van der Waals surface area contributed by atoms with E-state index in [1.807, 2.05) is 89.8 Å². The Kier molecular flexibility index (Phi) is 9.93. The molecule has 0 N–H and O–H groups in total. The first kappa shape index (κ1) is 33.0. The van der Waals surface area contributed by atoms with Gasteiger partial charge in [-0.15, -0.1) is 0 Å². The maximum Gasteiger partial charge on any atom is 0.374 e. The summed E-state index contributed by atoms with van der Waals surface area (Å²) in [6.45, 7) is 6.46. The molecule has 4 aromatic carbocycles. The monoisotopic (exact) mass is 665 g/mol. The first-order chi connectivity index (χ1) is 23.3. The van der Waals surface area contributed by atoms with Gasteiger partial charge in [0.25, 0.3) is 5.91 Å². The molecule has 248 valence electrons. The third-order valence-electron chi connectivity index (χ3n) is 8.77. The van der Waals surface area contributed by atoms with E-state index in [0.717, 1.165) is 16.8 Å². The summed E-state index contributed by atoms with van der Waals surface area (Å²) >= 11 is 0. The van der Waals surface area contributed by atoms with Crippen LogP contribution in [0.3, 0.4) is 0 Å². The highest BCUT2D eigenvalue weighted by atomic mass is 32.2. The molecule has 0 unspecified atom stereocenters. The van der Waals surface area contributed by atoms with Crippen LogP contribution in [0.25, 0.3) is 11.0 Å². The SMILES string of the molecule is CCOC(=O)c1oc2ccc(S(=O)(=O)N(CCc3ccccc3)Cc3ccccc3N3CCN(C(=O)c4ccccc4)CC3)cc2c1C. The van der Waals surface area contributed by atoms with E-state index in [9.17, 15) is 18.0 Å². The topological polar surface area (TPSA) is 100 Å². The molecule has 10 heteroatoms. The summed E-state index contributed by atoms with van der Waals surface area (Å²) in [5.74, 6) is -0.496. The van der Waals surface area contributed by atoms with Crippen molar-refractivity contribution in [1.29, 1.82) is 0 Å². The molecule has 0 spiro atoms. The number of fused-ring (bicyclic) bond motifs is 1. The molecule has 0 saturated carbocycles. The van der Waals surface area contributed by atoms with Gasteiger partial charge >= 0.3 is 5.97 Å². The quantitative estimate of drug-likeness (QED) is 0.152. The fourth-order valence-electron chi connectivity index (χ4n) is 6.14. The molecule has 1 amide bonds. The molecule has 2 heterocycles. The molecular formula is C38H39N3O6S. The summed E-state index contributed by atoms with van der Waals surface area (Å²) in [4.78, 5) is 29.7. The summed E-state index contributed by atoms with van der Waals surface area (Å²) in [5.41, 5.74) is 4.48. The van der Waals surface area contributed by atoms with Gasteiger partial charge in [0, 0.05) is 61.5 Å². The largest absolute Gasteiger partial charge is 0.460 e. The lowest BCUT2D eigenvalue weighted by Crippen LogP contribution is -2.49. The first-order valence-electron chi connectivity index (χ1n) is 16.2. The molecule has 1 aromatic heterocycles. The number of hydrogen-bond donors (Lipinski definition) is 0. The maximum absolute atomic E-state index is 14.4. The van der Waals surface area contributed by atoms with Gasteiger partial charge in [0.2, 0.25) is 15.8 Å². The number of sulfonamides is 1. The Labute approximate surface area is 281 Å². The van der Waals surface area contributed by atoms with Crippen molar-refractivity contribution in [3.05, 3.63) is 131 Å². The molecule has 5 aromatic rings. The molecule has 0 atom stereocenters. The molecular weight excluding hydrogens is 627 g/mol. The van der Waals surface area contributed by atoms with E-state index in [-0.39, 0.29) is 36.3 Å². The second kappa shape index (κ2) is 14.5. The lowest BCUT2D eigenvalue weighted by molar-refractivity contribution is 0.0491. The highest BCUT2D eigenvalue weighted by Gasteiger charge is 2.29. The molecule has 1 aliphatic heterocycles. The van der Waals surface area contributed by atoms with Crippen molar-refractivity contribution in [1.82, 2.24) is 9.21 Å². The highest BCUT2D eigenvalue weighted by molar-refractivity contribution is 7.89. The summed E-state index contributed by atoms with van der Waals surface area (Å²) in [5, 5.41) is 0.547. The molecule has 0 aliphatic carbocycles. The summed E-state index contributed by atoms with van der Waals surface area (Å²) < 4.78 is 41.3. The van der Waals surface area contributed by atoms with E-state index >= 15 is 0 Å². The smallest absolute Gasteiger partial charge is 0.374 e. The van der Waals surface area contributed by atoms with E-state index in [2.05, 4.69) is 4.90 Å². The number of nitrogens with zero attached hydrogens (tertiary/aromatic N) is 3. The second-order valence-corrected chi connectivity index (χ2v) is 13.7. The van der Waals surface area contributed by atoms with Crippen molar-refractivity contribution in [2.45, 2.75) is 31.7 Å². The van der Waals surface area contributed by atoms with Gasteiger partial charge < -0.3 is 19.0 Å². The third-order valence-corrected chi connectivity index (χ3v) is 10.6. The first-order valence-corrected chi connectivity index (χ1v) is 17.6. The minimum absolute atomic E-state index is 0.0147. The molecule has 1 fully saturated rings. The Hall–Kier alpha value is -4.93. The van der Waals surface area contributed by atoms with Crippen LogP contribution < -0.4 is 4.90 Å². The molecule has 0 bridgehead atoms. The van der Waals surface area contributed by atoms with Crippen molar-refractivity contribution < 1.29 is 27.2 Å². The number of aryl methyl sites for hydroxylation is 1. The average Bonchev–Trinajstić information content (AvgIpc) is 3.46. The minimum atomic E-state index is -3.99. The van der Waals surface area contributed by atoms with Crippen molar-refractivity contribution >= 4 is 38.6 Å². The highest BCUT2D eigenvalue weighted by Crippen LogP contribution is 2.31. The van der Waals surface area contributed by atoms with Crippen LogP contribution in [-0.4, -0.2) is 68.8 Å². The van der Waals surface area contributed by atoms with Gasteiger partial charge in [-0.1, -0.05) is 66.7 Å². The van der Waals surface area contributed by atoms with Gasteiger partial charge in [-0.05, 0) is 67.8 Å². The number of para-hydroxylation sites is 1. The van der Waals surface area contributed by atoms with Gasteiger partial charge in [-0.3, -0.25) is 4.79 Å². The molecule has 1 aliphatic rings. The normalized spacial score (nSPS) is 13.6. The number of amides is 1. The van der Waals surface area contributed by atoms with Gasteiger partial charge in [-0.25, -0.2) is 13.2 Å². The van der Waals surface area contributed by atoms with Crippen LogP contribution in [-0.2, 0) is 27.7 Å². The molecule has 48 heavy (non-hydrogen) atoms. The predicted octanol–water partition coefficient (Wildman–Crippen LogP) is 6.31. The van der Waals surface area contributed by atoms with E-state index in [0.29, 0.717) is 54.7 Å². The zero-order chi connectivity index (χ0) is 33.7. The van der Waals surface area contributed by atoms with Crippen molar-refractivity contribution in [3.63, 3.8) is 0 Å². The summed E-state index contributed by atoms with van der Waals surface area (Å²) in [6, 6.07) is 31.7. The molecule has 1 saturated heterocycles. The van der Waals surface area contributed by atoms with Gasteiger partial charge in [0.1, 0.15) is 5.58 Å². The van der Waals surface area contributed by atoms with Gasteiger partial charge in [0.05, 0.1) is 11.5 Å². The van der Waals surface area contributed by atoms with Gasteiger partial charge in [-0.2, -0.15) is 4.31 Å². The molecule has 9 nitrogen and oxygen atoms in total. The summed E-state index contributed by atoms with van der Waals surface area (Å²) in [7, 11) is -3.99. The number of hydrogen-bond acceptors (Lipinski definition) is 7. The van der Waals surface area contributed by atoms with E-state index in [4.69, 9.17) is 9.15 Å². The Morgan fingerprint density at radius 3 is 2.23 bits per heavy atom. The van der Waals surface area contributed by atoms with Crippen LogP contribution in [0.4, 0.5) is 5.69 Å². The maximum atomic E-state index is 14.4. The minimum Gasteiger partial charge on any atom is -0.460 e. The molecule has 6 rings (SSSR count). The number of ether oxygens (including phenoxy) is 1. The number of furan rings is 1. The predicted molar refractivity (Wildman–Crippen MR) is 186 cm³/mol. The zero-order valence-corrected chi connectivity index (χ0v) is 28.0. The summed E-state index contributed by atoms with van der Waals surface area (Å²) in [6.07, 6.45) is 0.530. The number of anilines is 1. The van der Waals surface area contributed by atoms with Crippen molar-refractivity contribution in [3.8, 4) is 0 Å². The third kappa shape index (κ3) is 7.00. The van der Waals surface area contributed by atoms with Crippen LogP contribution in [0, 0.1) is 6.92 Å². The van der Waals surface area contributed by atoms with Crippen LogP contribution in [0.2, 0.25) is 0 Å². The fourth-order valence-corrected chi connectivity index (χ4v) is 7.59. The molecule has 0 radical (unpaired) electrons. The standard InChI is InChI=1S/C38H39N3O6S/c1-3-46-38(43)36-28(2)33-26-32(18-19-35(33)47-36)48(44,45)41(21-20-29-12-6-4-7-13-29)27-31-16-10-11-17-34(31)39-22-24-40(25-23-39)37(42)30-14-8-5-9-15-30/h4-19,26H,3,20-25,27H2,1-2H3. The Morgan fingerprint density at radius 2 is 1.52 bits per heavy atom. The van der Waals surface area contributed by atoms with Crippen LogP contribution in [0.15, 0.2) is 112 Å². The fraction of sp³-hybridized carbons (Fsp3) is 0.263. The zero-order valence-electron chi connectivity index (χ0n) is 27.2. The van der Waals surface area contributed by atoms with Crippen molar-refractivity contribution in [2.24, 2.45) is 0 Å². The average molecular weight is 666 g/mol. The second-order valence-electron chi connectivity index (χ2n) is 11.8. The number of rotatable bonds is 11. The number of piperazine rings is 1. The van der Waals surface area contributed by atoms with Crippen molar-refractivity contribution in [2.75, 3.05) is 44.2 Å². The Bertz CT molecular complexity index is 2000. The Morgan fingerprint density at radius 1 is 0.854 bits per heavy atom. The van der Waals surface area contributed by atoms with E-state index < -0.39 is 16.0 Å². The van der Waals surface area contributed by atoms with E-state index in [1.54, 1.807) is 26.0 Å². The van der Waals surface area contributed by atoms with Crippen LogP contribution >= 0.6 is 0 Å². The lowest BCUT2D eigenvalue weighted by atomic mass is 10.1. The van der Waals surface area contributed by atoms with Crippen LogP contribution in [0.1, 0.15) is 44.5 Å². The van der Waals surface area contributed by atoms with Crippen LogP contribution in [0.5, 0.6) is 0 Å².